The number of nitrogens with two attached hydrogens (primary N) is 1. The van der Waals surface area contributed by atoms with Gasteiger partial charge in [0.1, 0.15) is 5.69 Å². The van der Waals surface area contributed by atoms with Gasteiger partial charge in [0.05, 0.1) is 11.9 Å². The van der Waals surface area contributed by atoms with Gasteiger partial charge < -0.3 is 15.8 Å². The molecule has 0 saturated carbocycles. The van der Waals surface area contributed by atoms with E-state index in [1.165, 1.54) is 19.3 Å². The van der Waals surface area contributed by atoms with Crippen molar-refractivity contribution in [2.75, 3.05) is 18.0 Å². The first-order valence-corrected chi connectivity index (χ1v) is 7.30. The smallest absolute Gasteiger partial charge is 0.188 e. The van der Waals surface area contributed by atoms with Gasteiger partial charge in [-0.2, -0.15) is 0 Å². The normalized spacial score (nSPS) is 21.1. The van der Waals surface area contributed by atoms with E-state index >= 15 is 0 Å². The number of anilines is 1. The molecule has 0 radical (unpaired) electrons. The summed E-state index contributed by atoms with van der Waals surface area (Å²) >= 11 is 0. The molecule has 1 aliphatic rings. The maximum absolute atomic E-state index is 8.64. The van der Waals surface area contributed by atoms with E-state index in [0.29, 0.717) is 5.69 Å². The van der Waals surface area contributed by atoms with Crippen LogP contribution >= 0.6 is 0 Å². The highest BCUT2D eigenvalue weighted by atomic mass is 16.4. The zero-order valence-corrected chi connectivity index (χ0v) is 12.3. The van der Waals surface area contributed by atoms with E-state index in [1.54, 1.807) is 6.07 Å². The molecule has 0 bridgehead atoms. The fourth-order valence-electron chi connectivity index (χ4n) is 2.82. The third kappa shape index (κ3) is 3.40. The fourth-order valence-corrected chi connectivity index (χ4v) is 2.82. The van der Waals surface area contributed by atoms with Crippen LogP contribution in [0.25, 0.3) is 0 Å². The molecule has 2 heterocycles. The zero-order valence-electron chi connectivity index (χ0n) is 12.3. The Bertz CT molecular complexity index is 455. The molecule has 1 unspecified atom stereocenters. The Kier molecular flexibility index (Phi) is 4.82. The second kappa shape index (κ2) is 6.59. The highest BCUT2D eigenvalue weighted by Gasteiger charge is 2.19. The molecule has 110 valence electrons. The van der Waals surface area contributed by atoms with Gasteiger partial charge in [0, 0.05) is 13.1 Å². The average molecular weight is 276 g/mol. The third-order valence-electron chi connectivity index (χ3n) is 4.20. The van der Waals surface area contributed by atoms with Gasteiger partial charge in [0.2, 0.25) is 0 Å². The lowest BCUT2D eigenvalue weighted by Gasteiger charge is -2.23. The van der Waals surface area contributed by atoms with Crippen molar-refractivity contribution < 1.29 is 5.21 Å². The third-order valence-corrected chi connectivity index (χ3v) is 4.20. The van der Waals surface area contributed by atoms with Crippen LogP contribution < -0.4 is 10.6 Å². The number of oxime groups is 1. The molecule has 1 saturated heterocycles. The highest BCUT2D eigenvalue weighted by Crippen LogP contribution is 2.27. The van der Waals surface area contributed by atoms with Crippen molar-refractivity contribution in [2.24, 2.45) is 22.7 Å². The minimum Gasteiger partial charge on any atom is -0.409 e. The Hall–Kier alpha value is -1.78. The van der Waals surface area contributed by atoms with Crippen molar-refractivity contribution >= 4 is 11.5 Å². The van der Waals surface area contributed by atoms with Crippen molar-refractivity contribution in [3.8, 4) is 0 Å². The van der Waals surface area contributed by atoms with Crippen LogP contribution in [0.15, 0.2) is 23.5 Å². The van der Waals surface area contributed by atoms with Crippen LogP contribution in [0.5, 0.6) is 0 Å². The number of hydrogen-bond acceptors (Lipinski definition) is 4. The van der Waals surface area contributed by atoms with Gasteiger partial charge in [-0.3, -0.25) is 4.98 Å². The number of rotatable bonds is 3. The molecule has 20 heavy (non-hydrogen) atoms. The van der Waals surface area contributed by atoms with Gasteiger partial charge in [0.15, 0.2) is 5.84 Å². The van der Waals surface area contributed by atoms with Crippen LogP contribution in [-0.2, 0) is 0 Å². The molecule has 0 amide bonds. The maximum atomic E-state index is 8.64. The van der Waals surface area contributed by atoms with Crippen molar-refractivity contribution in [2.45, 2.75) is 33.1 Å². The molecule has 1 aromatic heterocycles. The van der Waals surface area contributed by atoms with Crippen LogP contribution in [0.3, 0.4) is 0 Å². The molecule has 5 nitrogen and oxygen atoms in total. The fraction of sp³-hybridized carbons (Fsp3) is 0.600. The largest absolute Gasteiger partial charge is 0.409 e. The monoisotopic (exact) mass is 276 g/mol. The predicted octanol–water partition coefficient (Wildman–Crippen LogP) is 2.44. The van der Waals surface area contributed by atoms with Gasteiger partial charge in [-0.05, 0) is 43.2 Å². The van der Waals surface area contributed by atoms with Gasteiger partial charge in [-0.15, -0.1) is 0 Å². The summed E-state index contributed by atoms with van der Waals surface area (Å²) in [4.78, 5) is 6.63. The molecule has 0 aromatic carbocycles. The van der Waals surface area contributed by atoms with E-state index in [-0.39, 0.29) is 5.84 Å². The van der Waals surface area contributed by atoms with E-state index in [0.717, 1.165) is 30.6 Å². The van der Waals surface area contributed by atoms with Crippen molar-refractivity contribution in [3.63, 3.8) is 0 Å². The predicted molar refractivity (Wildman–Crippen MR) is 81.1 cm³/mol. The molecule has 2 rings (SSSR count). The van der Waals surface area contributed by atoms with Gasteiger partial charge in [-0.1, -0.05) is 19.0 Å². The summed E-state index contributed by atoms with van der Waals surface area (Å²) in [7, 11) is 0. The Labute approximate surface area is 120 Å². The Morgan fingerprint density at radius 3 is 2.80 bits per heavy atom. The van der Waals surface area contributed by atoms with Crippen molar-refractivity contribution in [1.82, 2.24) is 4.98 Å². The summed E-state index contributed by atoms with van der Waals surface area (Å²) in [6, 6.07) is 3.80. The number of pyridine rings is 1. The standard InChI is InChI=1S/C15H24N4O/c1-11(2)12-4-3-8-19(9-7-12)13-5-6-14(17-10-13)15(16)18-20/h5-6,10-12,20H,3-4,7-9H2,1-2H3,(H2,16,18). The summed E-state index contributed by atoms with van der Waals surface area (Å²) in [6.07, 6.45) is 5.58. The van der Waals surface area contributed by atoms with Crippen LogP contribution in [0.1, 0.15) is 38.8 Å². The number of hydrogen-bond donors (Lipinski definition) is 2. The number of aromatic nitrogens is 1. The molecule has 1 aromatic rings. The maximum Gasteiger partial charge on any atom is 0.188 e. The minimum absolute atomic E-state index is 0.0484. The van der Waals surface area contributed by atoms with E-state index in [2.05, 4.69) is 28.9 Å². The van der Waals surface area contributed by atoms with E-state index in [9.17, 15) is 0 Å². The second-order valence-corrected chi connectivity index (χ2v) is 5.81. The summed E-state index contributed by atoms with van der Waals surface area (Å²) in [5.41, 5.74) is 7.14. The van der Waals surface area contributed by atoms with Crippen LogP contribution in [0.4, 0.5) is 5.69 Å². The van der Waals surface area contributed by atoms with Gasteiger partial charge in [0.25, 0.3) is 0 Å². The van der Waals surface area contributed by atoms with E-state index in [4.69, 9.17) is 10.9 Å². The first kappa shape index (κ1) is 14.6. The van der Waals surface area contributed by atoms with Gasteiger partial charge >= 0.3 is 0 Å². The molecule has 0 spiro atoms. The highest BCUT2D eigenvalue weighted by molar-refractivity contribution is 5.95. The minimum atomic E-state index is 0.0484. The van der Waals surface area contributed by atoms with E-state index in [1.807, 2.05) is 12.3 Å². The Balaban J connectivity index is 2.04. The molecule has 0 aliphatic carbocycles. The van der Waals surface area contributed by atoms with Gasteiger partial charge in [-0.25, -0.2) is 0 Å². The Morgan fingerprint density at radius 1 is 1.40 bits per heavy atom. The average Bonchev–Trinajstić information content (AvgIpc) is 2.72. The van der Waals surface area contributed by atoms with Crippen molar-refractivity contribution in [1.29, 1.82) is 0 Å². The lowest BCUT2D eigenvalue weighted by molar-refractivity contribution is 0.318. The first-order chi connectivity index (χ1) is 9.61. The molecule has 1 aliphatic heterocycles. The molecule has 1 atom stereocenters. The Morgan fingerprint density at radius 2 is 2.20 bits per heavy atom. The quantitative estimate of drug-likeness (QED) is 0.385. The molecular formula is C15H24N4O. The number of nitrogens with zero attached hydrogens (tertiary/aromatic N) is 3. The molecule has 1 fully saturated rings. The molecule has 5 heteroatoms. The zero-order chi connectivity index (χ0) is 14.5. The summed E-state index contributed by atoms with van der Waals surface area (Å²) in [5, 5.41) is 11.6. The van der Waals surface area contributed by atoms with Crippen LogP contribution in [-0.4, -0.2) is 29.1 Å². The van der Waals surface area contributed by atoms with Crippen molar-refractivity contribution in [3.05, 3.63) is 24.0 Å². The lowest BCUT2D eigenvalue weighted by Crippen LogP contribution is -2.25. The first-order valence-electron chi connectivity index (χ1n) is 7.30. The topological polar surface area (TPSA) is 74.7 Å². The van der Waals surface area contributed by atoms with Crippen LogP contribution in [0, 0.1) is 11.8 Å². The SMILES string of the molecule is CC(C)C1CCCN(c2ccc(/C(N)=N/O)nc2)CC1. The molecular weight excluding hydrogens is 252 g/mol. The molecule has 3 N–H and O–H groups in total. The summed E-state index contributed by atoms with van der Waals surface area (Å²) in [6.45, 7) is 6.78. The second-order valence-electron chi connectivity index (χ2n) is 5.81. The summed E-state index contributed by atoms with van der Waals surface area (Å²) in [5.74, 6) is 1.63. The van der Waals surface area contributed by atoms with Crippen LogP contribution in [0.2, 0.25) is 0 Å². The van der Waals surface area contributed by atoms with E-state index < -0.39 is 0 Å². The summed E-state index contributed by atoms with van der Waals surface area (Å²) < 4.78 is 0. The number of amidine groups is 1. The lowest BCUT2D eigenvalue weighted by atomic mass is 9.89.